The van der Waals surface area contributed by atoms with E-state index in [0.717, 1.165) is 13.1 Å². The van der Waals surface area contributed by atoms with Crippen LogP contribution in [0.25, 0.3) is 0 Å². The van der Waals surface area contributed by atoms with Crippen LogP contribution in [0.3, 0.4) is 0 Å². The maximum atomic E-state index is 3.63. The quantitative estimate of drug-likeness (QED) is 0.810. The van der Waals surface area contributed by atoms with Gasteiger partial charge < -0.3 is 5.32 Å². The van der Waals surface area contributed by atoms with Crippen LogP contribution in [0.15, 0.2) is 30.3 Å². The summed E-state index contributed by atoms with van der Waals surface area (Å²) in [7, 11) is 2.33. The summed E-state index contributed by atoms with van der Waals surface area (Å²) in [6.07, 6.45) is 7.91. The Hall–Kier alpha value is -0.860. The molecule has 1 aromatic carbocycles. The Labute approximate surface area is 130 Å². The van der Waals surface area contributed by atoms with Crippen molar-refractivity contribution in [2.75, 3.05) is 20.1 Å². The van der Waals surface area contributed by atoms with Crippen molar-refractivity contribution in [1.82, 2.24) is 10.2 Å². The van der Waals surface area contributed by atoms with Crippen molar-refractivity contribution in [2.45, 2.75) is 64.0 Å². The van der Waals surface area contributed by atoms with Gasteiger partial charge in [0.2, 0.25) is 0 Å². The fraction of sp³-hybridized carbons (Fsp3) is 0.684. The van der Waals surface area contributed by atoms with Crippen molar-refractivity contribution in [3.8, 4) is 0 Å². The number of hydrogen-bond acceptors (Lipinski definition) is 2. The first-order valence-electron chi connectivity index (χ1n) is 8.73. The van der Waals surface area contributed by atoms with Crippen LogP contribution in [0.1, 0.15) is 57.9 Å². The Bertz CT molecular complexity index is 395. The van der Waals surface area contributed by atoms with Gasteiger partial charge in [0.25, 0.3) is 0 Å². The molecule has 0 bridgehead atoms. The van der Waals surface area contributed by atoms with Crippen LogP contribution in [0.2, 0.25) is 0 Å². The van der Waals surface area contributed by atoms with Crippen LogP contribution >= 0.6 is 0 Å². The van der Waals surface area contributed by atoms with Gasteiger partial charge in [-0.2, -0.15) is 0 Å². The summed E-state index contributed by atoms with van der Waals surface area (Å²) in [6, 6.07) is 11.8. The molecule has 21 heavy (non-hydrogen) atoms. The zero-order valence-electron chi connectivity index (χ0n) is 14.1. The van der Waals surface area contributed by atoms with Gasteiger partial charge in [-0.1, -0.05) is 63.4 Å². The van der Waals surface area contributed by atoms with Crippen LogP contribution in [0, 0.1) is 0 Å². The maximum absolute atomic E-state index is 3.63. The highest BCUT2D eigenvalue weighted by molar-refractivity contribution is 5.25. The predicted octanol–water partition coefficient (Wildman–Crippen LogP) is 4.17. The first-order valence-corrected chi connectivity index (χ1v) is 8.73. The van der Waals surface area contributed by atoms with Crippen molar-refractivity contribution < 1.29 is 0 Å². The molecule has 1 N–H and O–H groups in total. The third-order valence-corrected chi connectivity index (χ3v) is 5.20. The normalized spacial score (nSPS) is 19.6. The molecule has 1 saturated carbocycles. The molecule has 0 saturated heterocycles. The minimum absolute atomic E-state index is 0.252. The van der Waals surface area contributed by atoms with Crippen molar-refractivity contribution in [3.63, 3.8) is 0 Å². The second-order valence-corrected chi connectivity index (χ2v) is 6.50. The first kappa shape index (κ1) is 16.5. The minimum Gasteiger partial charge on any atom is -0.313 e. The molecular weight excluding hydrogens is 256 g/mol. The van der Waals surface area contributed by atoms with E-state index in [1.54, 1.807) is 0 Å². The van der Waals surface area contributed by atoms with E-state index >= 15 is 0 Å². The Morgan fingerprint density at radius 3 is 2.33 bits per heavy atom. The van der Waals surface area contributed by atoms with E-state index in [9.17, 15) is 0 Å². The summed E-state index contributed by atoms with van der Waals surface area (Å²) in [5.74, 6) is 0. The summed E-state index contributed by atoms with van der Waals surface area (Å²) >= 11 is 0. The lowest BCUT2D eigenvalue weighted by atomic mass is 9.75. The second kappa shape index (κ2) is 7.95. The molecule has 0 spiro atoms. The number of nitrogens with zero attached hydrogens (tertiary/aromatic N) is 1. The number of rotatable bonds is 7. The lowest BCUT2D eigenvalue weighted by Gasteiger charge is -2.46. The van der Waals surface area contributed by atoms with Crippen molar-refractivity contribution >= 4 is 0 Å². The van der Waals surface area contributed by atoms with Crippen molar-refractivity contribution in [2.24, 2.45) is 0 Å². The van der Waals surface area contributed by atoms with Crippen molar-refractivity contribution in [3.05, 3.63) is 35.9 Å². The monoisotopic (exact) mass is 288 g/mol. The van der Waals surface area contributed by atoms with Crippen LogP contribution < -0.4 is 5.32 Å². The van der Waals surface area contributed by atoms with E-state index in [0.29, 0.717) is 6.04 Å². The molecule has 0 amide bonds. The number of hydrogen-bond donors (Lipinski definition) is 1. The molecule has 2 heteroatoms. The fourth-order valence-electron chi connectivity index (χ4n) is 3.91. The molecule has 0 aromatic heterocycles. The molecular formula is C19H32N2. The van der Waals surface area contributed by atoms with Gasteiger partial charge in [-0.3, -0.25) is 4.90 Å². The third-order valence-electron chi connectivity index (χ3n) is 5.20. The van der Waals surface area contributed by atoms with E-state index < -0.39 is 0 Å². The Balaban J connectivity index is 2.19. The molecule has 1 unspecified atom stereocenters. The molecule has 1 aromatic rings. The van der Waals surface area contributed by atoms with Crippen LogP contribution in [0.5, 0.6) is 0 Å². The van der Waals surface area contributed by atoms with Gasteiger partial charge in [-0.25, -0.2) is 0 Å². The summed E-state index contributed by atoms with van der Waals surface area (Å²) in [5, 5.41) is 3.63. The second-order valence-electron chi connectivity index (χ2n) is 6.50. The van der Waals surface area contributed by atoms with Gasteiger partial charge in [0, 0.05) is 18.1 Å². The van der Waals surface area contributed by atoms with Gasteiger partial charge in [0.15, 0.2) is 0 Å². The van der Waals surface area contributed by atoms with Gasteiger partial charge >= 0.3 is 0 Å². The van der Waals surface area contributed by atoms with Gasteiger partial charge in [-0.05, 0) is 38.4 Å². The van der Waals surface area contributed by atoms with E-state index in [-0.39, 0.29) is 5.54 Å². The average molecular weight is 288 g/mol. The lowest BCUT2D eigenvalue weighted by molar-refractivity contribution is 0.0628. The van der Waals surface area contributed by atoms with Crippen molar-refractivity contribution in [1.29, 1.82) is 0 Å². The minimum atomic E-state index is 0.252. The molecule has 2 nitrogen and oxygen atoms in total. The summed E-state index contributed by atoms with van der Waals surface area (Å²) < 4.78 is 0. The maximum Gasteiger partial charge on any atom is 0.0458 e. The molecule has 2 rings (SSSR count). The lowest BCUT2D eigenvalue weighted by Crippen LogP contribution is -2.50. The molecule has 1 fully saturated rings. The van der Waals surface area contributed by atoms with Gasteiger partial charge in [0.1, 0.15) is 0 Å². The van der Waals surface area contributed by atoms with Crippen LogP contribution in [0.4, 0.5) is 0 Å². The number of benzene rings is 1. The molecule has 0 radical (unpaired) electrons. The number of likely N-dealkylation sites (N-methyl/N-ethyl adjacent to an activating group) is 2. The van der Waals surface area contributed by atoms with Gasteiger partial charge in [-0.15, -0.1) is 0 Å². The molecule has 1 atom stereocenters. The zero-order valence-corrected chi connectivity index (χ0v) is 14.1. The van der Waals surface area contributed by atoms with E-state index in [4.69, 9.17) is 0 Å². The largest absolute Gasteiger partial charge is 0.313 e. The molecule has 1 aliphatic carbocycles. The van der Waals surface area contributed by atoms with Crippen LogP contribution in [-0.2, 0) is 5.54 Å². The van der Waals surface area contributed by atoms with E-state index in [2.05, 4.69) is 61.4 Å². The first-order chi connectivity index (χ1) is 10.2. The van der Waals surface area contributed by atoms with Gasteiger partial charge in [0.05, 0.1) is 0 Å². The highest BCUT2D eigenvalue weighted by Gasteiger charge is 2.37. The highest BCUT2D eigenvalue weighted by atomic mass is 15.2. The summed E-state index contributed by atoms with van der Waals surface area (Å²) in [5.41, 5.74) is 1.76. The third kappa shape index (κ3) is 3.87. The molecule has 1 aliphatic rings. The Morgan fingerprint density at radius 2 is 1.76 bits per heavy atom. The SMILES string of the molecule is CCNC(CC)CN(C)C1(c2ccccc2)CCCCC1. The molecule has 0 heterocycles. The standard InChI is InChI=1S/C19H32N2/c1-4-18(20-5-2)16-21(3)19(14-10-7-11-15-19)17-12-8-6-9-13-17/h6,8-9,12-13,18,20H,4-5,7,10-11,14-16H2,1-3H3. The summed E-state index contributed by atoms with van der Waals surface area (Å²) in [6.45, 7) is 6.69. The smallest absolute Gasteiger partial charge is 0.0458 e. The number of nitrogens with one attached hydrogen (secondary N) is 1. The Morgan fingerprint density at radius 1 is 1.10 bits per heavy atom. The molecule has 118 valence electrons. The molecule has 0 aliphatic heterocycles. The summed E-state index contributed by atoms with van der Waals surface area (Å²) in [4.78, 5) is 2.64. The topological polar surface area (TPSA) is 15.3 Å². The van der Waals surface area contributed by atoms with E-state index in [1.807, 2.05) is 0 Å². The zero-order chi connectivity index (χ0) is 15.1. The van der Waals surface area contributed by atoms with Crippen LogP contribution in [-0.4, -0.2) is 31.1 Å². The van der Waals surface area contributed by atoms with E-state index in [1.165, 1.54) is 44.1 Å². The predicted molar refractivity (Wildman–Crippen MR) is 91.6 cm³/mol. The average Bonchev–Trinajstić information content (AvgIpc) is 2.55. The highest BCUT2D eigenvalue weighted by Crippen LogP contribution is 2.41. The fourth-order valence-corrected chi connectivity index (χ4v) is 3.91. The Kier molecular flexibility index (Phi) is 6.25.